The summed E-state index contributed by atoms with van der Waals surface area (Å²) in [4.78, 5) is 0. The van der Waals surface area contributed by atoms with Gasteiger partial charge in [-0.3, -0.25) is 0 Å². The van der Waals surface area contributed by atoms with Gasteiger partial charge in [0.2, 0.25) is 0 Å². The van der Waals surface area contributed by atoms with Crippen LogP contribution in [-0.4, -0.2) is 0 Å². The molecule has 0 aliphatic rings. The van der Waals surface area contributed by atoms with Gasteiger partial charge in [-0.1, -0.05) is 70.5 Å². The SMILES string of the molecule is C=C(CC)c1ccccc1.CCCC. The van der Waals surface area contributed by atoms with Crippen LogP contribution in [-0.2, 0) is 0 Å². The first-order valence-electron chi connectivity index (χ1n) is 5.49. The maximum Gasteiger partial charge on any atom is -0.0231 e. The molecule has 78 valence electrons. The Labute approximate surface area is 88.7 Å². The molecule has 0 fully saturated rings. The molecule has 1 rings (SSSR count). The van der Waals surface area contributed by atoms with Crippen molar-refractivity contribution in [1.29, 1.82) is 0 Å². The second-order valence-corrected chi connectivity index (χ2v) is 3.32. The van der Waals surface area contributed by atoms with Crippen molar-refractivity contribution in [1.82, 2.24) is 0 Å². The highest BCUT2D eigenvalue weighted by Gasteiger charge is 1.91. The molecule has 0 heteroatoms. The van der Waals surface area contributed by atoms with E-state index in [-0.39, 0.29) is 0 Å². The van der Waals surface area contributed by atoms with Gasteiger partial charge in [-0.05, 0) is 17.6 Å². The summed E-state index contributed by atoms with van der Waals surface area (Å²) in [5, 5.41) is 0. The summed E-state index contributed by atoms with van der Waals surface area (Å²) < 4.78 is 0. The Kier molecular flexibility index (Phi) is 7.92. The molecule has 0 aromatic heterocycles. The zero-order valence-electron chi connectivity index (χ0n) is 9.72. The molecule has 0 aliphatic heterocycles. The summed E-state index contributed by atoms with van der Waals surface area (Å²) in [7, 11) is 0. The molecule has 0 spiro atoms. The molecule has 0 saturated heterocycles. The predicted molar refractivity (Wildman–Crippen MR) is 66.3 cm³/mol. The van der Waals surface area contributed by atoms with Gasteiger partial charge in [-0.15, -0.1) is 0 Å². The second-order valence-electron chi connectivity index (χ2n) is 3.32. The number of unbranched alkanes of at least 4 members (excludes halogenated alkanes) is 1. The summed E-state index contributed by atoms with van der Waals surface area (Å²) in [5.74, 6) is 0. The lowest BCUT2D eigenvalue weighted by Crippen LogP contribution is -1.77. The standard InChI is InChI=1S/C10H12.C4H10/c1-3-9(2)10-7-5-4-6-8-10;1-3-4-2/h4-8H,2-3H2,1H3;3-4H2,1-2H3. The minimum absolute atomic E-state index is 1.03. The fourth-order valence-electron chi connectivity index (χ4n) is 0.878. The third-order valence-corrected chi connectivity index (χ3v) is 2.11. The zero-order chi connectivity index (χ0) is 10.8. The first-order chi connectivity index (χ1) is 6.76. The van der Waals surface area contributed by atoms with Gasteiger partial charge < -0.3 is 0 Å². The van der Waals surface area contributed by atoms with Crippen molar-refractivity contribution < 1.29 is 0 Å². The molecule has 0 bridgehead atoms. The highest BCUT2D eigenvalue weighted by Crippen LogP contribution is 2.13. The molecule has 0 heterocycles. The first kappa shape index (κ1) is 13.0. The largest absolute Gasteiger partial charge is 0.0952 e. The topological polar surface area (TPSA) is 0 Å². The van der Waals surface area contributed by atoms with Crippen molar-refractivity contribution in [3.63, 3.8) is 0 Å². The van der Waals surface area contributed by atoms with Crippen molar-refractivity contribution in [3.05, 3.63) is 42.5 Å². The van der Waals surface area contributed by atoms with E-state index in [9.17, 15) is 0 Å². The summed E-state index contributed by atoms with van der Waals surface area (Å²) in [5.41, 5.74) is 2.46. The van der Waals surface area contributed by atoms with Crippen molar-refractivity contribution in [2.45, 2.75) is 40.0 Å². The highest BCUT2D eigenvalue weighted by molar-refractivity contribution is 5.62. The number of hydrogen-bond acceptors (Lipinski definition) is 0. The van der Waals surface area contributed by atoms with Gasteiger partial charge >= 0.3 is 0 Å². The summed E-state index contributed by atoms with van der Waals surface area (Å²) in [6.45, 7) is 10.4. The fraction of sp³-hybridized carbons (Fsp3) is 0.429. The first-order valence-corrected chi connectivity index (χ1v) is 5.49. The van der Waals surface area contributed by atoms with Crippen LogP contribution in [0.2, 0.25) is 0 Å². The van der Waals surface area contributed by atoms with E-state index in [2.05, 4.69) is 39.5 Å². The lowest BCUT2D eigenvalue weighted by Gasteiger charge is -1.99. The van der Waals surface area contributed by atoms with Crippen molar-refractivity contribution in [2.75, 3.05) is 0 Å². The van der Waals surface area contributed by atoms with Crippen LogP contribution in [0.15, 0.2) is 36.9 Å². The average Bonchev–Trinajstić information content (AvgIpc) is 2.29. The molecule has 0 aliphatic carbocycles. The fourth-order valence-corrected chi connectivity index (χ4v) is 0.878. The van der Waals surface area contributed by atoms with Crippen LogP contribution in [0.4, 0.5) is 0 Å². The van der Waals surface area contributed by atoms with E-state index in [1.165, 1.54) is 24.0 Å². The molecule has 1 aromatic carbocycles. The third-order valence-electron chi connectivity index (χ3n) is 2.11. The second kappa shape index (κ2) is 8.55. The molecule has 0 nitrogen and oxygen atoms in total. The number of hydrogen-bond donors (Lipinski definition) is 0. The molecule has 0 N–H and O–H groups in total. The Balaban J connectivity index is 0.000000364. The van der Waals surface area contributed by atoms with Gasteiger partial charge in [0.15, 0.2) is 0 Å². The van der Waals surface area contributed by atoms with E-state index in [1.54, 1.807) is 0 Å². The summed E-state index contributed by atoms with van der Waals surface area (Å²) in [6.07, 6.45) is 3.67. The van der Waals surface area contributed by atoms with Gasteiger partial charge in [0.25, 0.3) is 0 Å². The molecule has 0 saturated carbocycles. The van der Waals surface area contributed by atoms with E-state index in [4.69, 9.17) is 0 Å². The van der Waals surface area contributed by atoms with Gasteiger partial charge in [0, 0.05) is 0 Å². The third kappa shape index (κ3) is 5.58. The quantitative estimate of drug-likeness (QED) is 0.635. The summed E-state index contributed by atoms with van der Waals surface area (Å²) >= 11 is 0. The maximum atomic E-state index is 3.94. The zero-order valence-corrected chi connectivity index (χ0v) is 9.72. The van der Waals surface area contributed by atoms with Crippen molar-refractivity contribution in [3.8, 4) is 0 Å². The van der Waals surface area contributed by atoms with E-state index < -0.39 is 0 Å². The molecule has 1 aromatic rings. The van der Waals surface area contributed by atoms with Crippen LogP contribution < -0.4 is 0 Å². The van der Waals surface area contributed by atoms with Gasteiger partial charge in [0.1, 0.15) is 0 Å². The predicted octanol–water partition coefficient (Wildman–Crippen LogP) is 4.92. The Hall–Kier alpha value is -1.04. The lowest BCUT2D eigenvalue weighted by atomic mass is 10.1. The number of rotatable bonds is 3. The van der Waals surface area contributed by atoms with Gasteiger partial charge in [-0.2, -0.15) is 0 Å². The van der Waals surface area contributed by atoms with Gasteiger partial charge in [-0.25, -0.2) is 0 Å². The normalized spacial score (nSPS) is 8.79. The average molecular weight is 190 g/mol. The monoisotopic (exact) mass is 190 g/mol. The molecule has 0 unspecified atom stereocenters. The van der Waals surface area contributed by atoms with E-state index >= 15 is 0 Å². The molecule has 0 radical (unpaired) electrons. The molecule has 0 atom stereocenters. The smallest absolute Gasteiger partial charge is 0.0231 e. The Bertz CT molecular complexity index is 231. The minimum Gasteiger partial charge on any atom is -0.0952 e. The minimum atomic E-state index is 1.03. The van der Waals surface area contributed by atoms with Crippen LogP contribution in [0.1, 0.15) is 45.6 Å². The molecule has 0 amide bonds. The molecular weight excluding hydrogens is 168 g/mol. The van der Waals surface area contributed by atoms with Crippen molar-refractivity contribution in [2.24, 2.45) is 0 Å². The van der Waals surface area contributed by atoms with Crippen molar-refractivity contribution >= 4 is 5.57 Å². The highest BCUT2D eigenvalue weighted by atomic mass is 14.0. The molecular formula is C14H22. The Morgan fingerprint density at radius 3 is 1.86 bits per heavy atom. The number of allylic oxidation sites excluding steroid dienone is 1. The maximum absolute atomic E-state index is 3.94. The lowest BCUT2D eigenvalue weighted by molar-refractivity contribution is 0.886. The summed E-state index contributed by atoms with van der Waals surface area (Å²) in [6, 6.07) is 10.3. The van der Waals surface area contributed by atoms with Crippen LogP contribution in [0, 0.1) is 0 Å². The van der Waals surface area contributed by atoms with Crippen LogP contribution in [0.5, 0.6) is 0 Å². The van der Waals surface area contributed by atoms with E-state index in [0.717, 1.165) is 6.42 Å². The van der Waals surface area contributed by atoms with Crippen LogP contribution >= 0.6 is 0 Å². The van der Waals surface area contributed by atoms with Gasteiger partial charge in [0.05, 0.1) is 0 Å². The Morgan fingerprint density at radius 2 is 1.50 bits per heavy atom. The number of benzene rings is 1. The van der Waals surface area contributed by atoms with Crippen LogP contribution in [0.3, 0.4) is 0 Å². The van der Waals surface area contributed by atoms with E-state index in [0.29, 0.717) is 0 Å². The Morgan fingerprint density at radius 1 is 1.00 bits per heavy atom. The molecule has 14 heavy (non-hydrogen) atoms. The van der Waals surface area contributed by atoms with Crippen LogP contribution in [0.25, 0.3) is 5.57 Å². The van der Waals surface area contributed by atoms with E-state index in [1.807, 2.05) is 18.2 Å².